The zero-order valence-electron chi connectivity index (χ0n) is 12.1. The first kappa shape index (κ1) is 19.6. The monoisotopic (exact) mass is 412 g/mol. The van der Waals surface area contributed by atoms with Crippen molar-refractivity contribution in [2.75, 3.05) is 19.6 Å². The van der Waals surface area contributed by atoms with E-state index in [1.165, 1.54) is 19.3 Å². The summed E-state index contributed by atoms with van der Waals surface area (Å²) in [6, 6.07) is 0. The summed E-state index contributed by atoms with van der Waals surface area (Å²) >= 11 is -2.34. The molecule has 0 radical (unpaired) electrons. The normalized spacial score (nSPS) is 17.5. The Morgan fingerprint density at radius 1 is 1.00 bits per heavy atom. The average Bonchev–Trinajstić information content (AvgIpc) is 2.52. The van der Waals surface area contributed by atoms with E-state index in [2.05, 4.69) is 24.5 Å². The van der Waals surface area contributed by atoms with Gasteiger partial charge < -0.3 is 10.6 Å². The van der Waals surface area contributed by atoms with Gasteiger partial charge in [0.15, 0.2) is 0 Å². The third-order valence-corrected chi connectivity index (χ3v) is 15.9. The maximum atomic E-state index is 5.88. The Kier molecular flexibility index (Phi) is 14.0. The van der Waals surface area contributed by atoms with Crippen molar-refractivity contribution in [2.45, 2.75) is 42.0 Å². The molecule has 5 heteroatoms. The number of piperidine rings is 1. The van der Waals surface area contributed by atoms with Gasteiger partial charge in [-0.05, 0) is 0 Å². The van der Waals surface area contributed by atoms with Crippen molar-refractivity contribution in [1.82, 2.24) is 0 Å². The van der Waals surface area contributed by atoms with Crippen molar-refractivity contribution >= 4 is 34.0 Å². The molecule has 1 saturated heterocycles. The molecular formula is C14H26Cl2N2Sn-2. The van der Waals surface area contributed by atoms with Crippen LogP contribution in [0.3, 0.4) is 0 Å². The number of allylic oxidation sites excluding steroid dienone is 2. The zero-order chi connectivity index (χ0) is 14.4. The predicted molar refractivity (Wildman–Crippen MR) is 91.9 cm³/mol. The Balaban J connectivity index is 0.000000256. The fourth-order valence-corrected chi connectivity index (χ4v) is 2.78. The molecule has 0 spiro atoms. The van der Waals surface area contributed by atoms with E-state index in [0.29, 0.717) is 0 Å². The summed E-state index contributed by atoms with van der Waals surface area (Å²) in [4.78, 5) is 0. The minimum atomic E-state index is -2.34. The van der Waals surface area contributed by atoms with Crippen molar-refractivity contribution in [3.63, 3.8) is 0 Å². The van der Waals surface area contributed by atoms with Gasteiger partial charge in [-0.25, -0.2) is 0 Å². The first-order chi connectivity index (χ1) is 9.12. The van der Waals surface area contributed by atoms with E-state index in [9.17, 15) is 0 Å². The summed E-state index contributed by atoms with van der Waals surface area (Å²) < 4.78 is 2.07. The van der Waals surface area contributed by atoms with Crippen LogP contribution < -0.4 is 0 Å². The summed E-state index contributed by atoms with van der Waals surface area (Å²) in [6.45, 7) is 7.25. The minimum absolute atomic E-state index is 0.858. The molecule has 1 fully saturated rings. The van der Waals surface area contributed by atoms with Crippen LogP contribution in [-0.2, 0) is 0 Å². The molecule has 0 aromatic rings. The molecule has 0 atom stereocenters. The van der Waals surface area contributed by atoms with Crippen LogP contribution in [0.2, 0.25) is 8.87 Å². The summed E-state index contributed by atoms with van der Waals surface area (Å²) in [5.74, 6) is 0. The van der Waals surface area contributed by atoms with Gasteiger partial charge in [0, 0.05) is 0 Å². The molecule has 19 heavy (non-hydrogen) atoms. The number of hydrogen-bond donors (Lipinski definition) is 0. The summed E-state index contributed by atoms with van der Waals surface area (Å²) in [5.41, 5.74) is 0. The number of hydrogen-bond acceptors (Lipinski definition) is 0. The number of nitrogens with zero attached hydrogens (tertiary/aromatic N) is 2. The van der Waals surface area contributed by atoms with Crippen molar-refractivity contribution in [2.24, 2.45) is 0 Å². The van der Waals surface area contributed by atoms with Gasteiger partial charge in [-0.2, -0.15) is 6.20 Å². The topological polar surface area (TPSA) is 28.2 Å². The Bertz CT molecular complexity index is 222. The quantitative estimate of drug-likeness (QED) is 0.503. The van der Waals surface area contributed by atoms with Gasteiger partial charge in [0.2, 0.25) is 0 Å². The SMILES string of the molecule is C1=CC[N-]C=C1.C1CC[N-]CC1.C[CH2][Sn]([Cl])([Cl])[CH2]C. The summed E-state index contributed by atoms with van der Waals surface area (Å²) in [6.07, 6.45) is 11.8. The van der Waals surface area contributed by atoms with Crippen molar-refractivity contribution in [3.05, 3.63) is 35.1 Å². The van der Waals surface area contributed by atoms with E-state index >= 15 is 0 Å². The molecule has 2 nitrogen and oxygen atoms in total. The van der Waals surface area contributed by atoms with Crippen LogP contribution in [-0.4, -0.2) is 35.8 Å². The Morgan fingerprint density at radius 3 is 1.74 bits per heavy atom. The Hall–Kier alpha value is 0.619. The number of rotatable bonds is 2. The molecule has 2 rings (SSSR count). The first-order valence-electron chi connectivity index (χ1n) is 7.11. The molecule has 0 aromatic carbocycles. The fraction of sp³-hybridized carbons (Fsp3) is 0.714. The van der Waals surface area contributed by atoms with Crippen molar-refractivity contribution in [3.8, 4) is 0 Å². The second kappa shape index (κ2) is 13.6. The Labute approximate surface area is 130 Å². The molecular weight excluding hydrogens is 386 g/mol. The summed E-state index contributed by atoms with van der Waals surface area (Å²) in [7, 11) is 11.8. The molecule has 2 heterocycles. The molecule has 112 valence electrons. The molecule has 0 aromatic heterocycles. The second-order valence-corrected chi connectivity index (χ2v) is 24.4. The molecule has 0 bridgehead atoms. The fourth-order valence-electron chi connectivity index (χ4n) is 1.36. The number of halogens is 2. The van der Waals surface area contributed by atoms with Crippen LogP contribution in [0, 0.1) is 0 Å². The third-order valence-electron chi connectivity index (χ3n) is 2.82. The summed E-state index contributed by atoms with van der Waals surface area (Å²) in [5, 5.41) is 8.09. The van der Waals surface area contributed by atoms with Gasteiger partial charge in [-0.1, -0.05) is 31.4 Å². The van der Waals surface area contributed by atoms with Crippen LogP contribution in [0.1, 0.15) is 33.1 Å². The van der Waals surface area contributed by atoms with Gasteiger partial charge in [-0.3, -0.25) is 0 Å². The van der Waals surface area contributed by atoms with Gasteiger partial charge in [0.25, 0.3) is 0 Å². The van der Waals surface area contributed by atoms with Crippen LogP contribution in [0.4, 0.5) is 0 Å². The van der Waals surface area contributed by atoms with E-state index in [1.54, 1.807) is 6.20 Å². The van der Waals surface area contributed by atoms with E-state index < -0.39 is 16.1 Å². The molecule has 2 aliphatic rings. The third kappa shape index (κ3) is 14.8. The zero-order valence-corrected chi connectivity index (χ0v) is 16.5. The average molecular weight is 412 g/mol. The van der Waals surface area contributed by atoms with Crippen LogP contribution in [0.25, 0.3) is 10.6 Å². The molecule has 2 aliphatic heterocycles. The Morgan fingerprint density at radius 2 is 1.63 bits per heavy atom. The molecule has 0 unspecified atom stereocenters. The van der Waals surface area contributed by atoms with Gasteiger partial charge in [-0.15, -0.1) is 25.7 Å². The molecule has 0 N–H and O–H groups in total. The van der Waals surface area contributed by atoms with Crippen molar-refractivity contribution in [1.29, 1.82) is 0 Å². The first-order valence-corrected chi connectivity index (χ1v) is 18.4. The van der Waals surface area contributed by atoms with Crippen LogP contribution >= 0.6 is 17.8 Å². The molecule has 0 amide bonds. The predicted octanol–water partition coefficient (Wildman–Crippen LogP) is 5.93. The van der Waals surface area contributed by atoms with E-state index in [1.807, 2.05) is 18.2 Å². The van der Waals surface area contributed by atoms with E-state index in [0.717, 1.165) is 28.5 Å². The van der Waals surface area contributed by atoms with Crippen LogP contribution in [0.5, 0.6) is 0 Å². The maximum absolute atomic E-state index is 5.88. The van der Waals surface area contributed by atoms with Gasteiger partial charge >= 0.3 is 56.7 Å². The van der Waals surface area contributed by atoms with E-state index in [4.69, 9.17) is 17.8 Å². The van der Waals surface area contributed by atoms with E-state index in [-0.39, 0.29) is 0 Å². The molecule has 0 aliphatic carbocycles. The second-order valence-electron chi connectivity index (χ2n) is 4.43. The van der Waals surface area contributed by atoms with Crippen LogP contribution in [0.15, 0.2) is 24.4 Å². The van der Waals surface area contributed by atoms with Gasteiger partial charge in [0.1, 0.15) is 0 Å². The molecule has 0 saturated carbocycles. The van der Waals surface area contributed by atoms with Crippen molar-refractivity contribution < 1.29 is 0 Å². The van der Waals surface area contributed by atoms with Gasteiger partial charge in [0.05, 0.1) is 0 Å². The standard InChI is InChI=1S/C5H10N.C5H6N.2C2H5.2ClH.Sn/c2*1-2-4-6-5-3-1;2*1-2;;;/h1-5H2;1-4H,5H2;2*1H2,2H3;2*1H;/q2*-1;;;;;+2/p-2.